The van der Waals surface area contributed by atoms with Crippen LogP contribution in [0.3, 0.4) is 0 Å². The third-order valence-electron chi connectivity index (χ3n) is 2.27. The molecule has 0 saturated heterocycles. The largest absolute Gasteiger partial charge is 0.492 e. The van der Waals surface area contributed by atoms with Crippen LogP contribution in [0.2, 0.25) is 5.02 Å². The van der Waals surface area contributed by atoms with Crippen LogP contribution in [-0.4, -0.2) is 25.8 Å². The number of rotatable bonds is 8. The number of aromatic nitrogens is 1. The van der Waals surface area contributed by atoms with Crippen LogP contribution in [0.25, 0.3) is 0 Å². The van der Waals surface area contributed by atoms with Crippen LogP contribution in [0.1, 0.15) is 25.7 Å². The van der Waals surface area contributed by atoms with Gasteiger partial charge in [0.05, 0.1) is 23.6 Å². The lowest BCUT2D eigenvalue weighted by Crippen LogP contribution is -2.16. The first kappa shape index (κ1) is 15.2. The van der Waals surface area contributed by atoms with Crippen molar-refractivity contribution >= 4 is 21.6 Å². The van der Waals surface area contributed by atoms with Gasteiger partial charge in [0, 0.05) is 12.3 Å². The summed E-state index contributed by atoms with van der Waals surface area (Å²) < 4.78 is 26.8. The molecule has 0 fully saturated rings. The van der Waals surface area contributed by atoms with E-state index in [9.17, 15) is 8.42 Å². The molecule has 102 valence electrons. The summed E-state index contributed by atoms with van der Waals surface area (Å²) in [5.74, 6) is 0.693. The molecule has 0 aliphatic carbocycles. The maximum atomic E-state index is 10.7. The minimum atomic E-state index is -3.32. The molecular weight excluding hydrogens is 276 g/mol. The number of sulfonamides is 1. The Hall–Kier alpha value is -0.850. The second-order valence-electron chi connectivity index (χ2n) is 3.97. The van der Waals surface area contributed by atoms with Crippen LogP contribution in [0, 0.1) is 0 Å². The highest BCUT2D eigenvalue weighted by atomic mass is 35.5. The van der Waals surface area contributed by atoms with Crippen molar-refractivity contribution in [3.63, 3.8) is 0 Å². The van der Waals surface area contributed by atoms with Gasteiger partial charge in [-0.3, -0.25) is 4.98 Å². The Bertz CT molecular complexity index is 465. The Morgan fingerprint density at radius 3 is 2.61 bits per heavy atom. The molecule has 1 aromatic rings. The average Bonchev–Trinajstić information content (AvgIpc) is 2.26. The van der Waals surface area contributed by atoms with Crippen molar-refractivity contribution in [2.24, 2.45) is 5.14 Å². The maximum absolute atomic E-state index is 10.7. The second kappa shape index (κ2) is 7.56. The van der Waals surface area contributed by atoms with Crippen molar-refractivity contribution in [1.82, 2.24) is 4.98 Å². The fourth-order valence-electron chi connectivity index (χ4n) is 1.42. The van der Waals surface area contributed by atoms with Crippen LogP contribution < -0.4 is 9.88 Å². The Morgan fingerprint density at radius 2 is 1.94 bits per heavy atom. The maximum Gasteiger partial charge on any atom is 0.209 e. The van der Waals surface area contributed by atoms with Crippen molar-refractivity contribution in [3.05, 3.63) is 23.5 Å². The van der Waals surface area contributed by atoms with E-state index in [1.54, 1.807) is 18.5 Å². The average molecular weight is 293 g/mol. The highest BCUT2D eigenvalue weighted by Gasteiger charge is 2.01. The number of halogens is 1. The minimum absolute atomic E-state index is 0.0477. The SMILES string of the molecule is NS(=O)(=O)CCCCCCOc1cncc(Cl)c1. The summed E-state index contributed by atoms with van der Waals surface area (Å²) in [6.45, 7) is 0.567. The fraction of sp³-hybridized carbons (Fsp3) is 0.545. The van der Waals surface area contributed by atoms with Crippen LogP contribution in [0.4, 0.5) is 0 Å². The topological polar surface area (TPSA) is 82.3 Å². The number of hydrogen-bond donors (Lipinski definition) is 1. The van der Waals surface area contributed by atoms with E-state index < -0.39 is 10.0 Å². The summed E-state index contributed by atoms with van der Waals surface area (Å²) in [7, 11) is -3.32. The number of unbranched alkanes of at least 4 members (excludes halogenated alkanes) is 3. The van der Waals surface area contributed by atoms with Crippen LogP contribution >= 0.6 is 11.6 Å². The van der Waals surface area contributed by atoms with E-state index in [4.69, 9.17) is 21.5 Å². The van der Waals surface area contributed by atoms with Gasteiger partial charge < -0.3 is 4.74 Å². The standard InChI is InChI=1S/C11H17ClN2O3S/c12-10-7-11(9-14-8-10)17-5-3-1-2-4-6-18(13,15)16/h7-9H,1-6H2,(H2,13,15,16). The van der Waals surface area contributed by atoms with Gasteiger partial charge in [-0.2, -0.15) is 0 Å². The summed E-state index contributed by atoms with van der Waals surface area (Å²) in [5.41, 5.74) is 0. The first-order chi connectivity index (χ1) is 8.47. The van der Waals surface area contributed by atoms with E-state index in [0.29, 0.717) is 23.8 Å². The number of pyridine rings is 1. The zero-order valence-electron chi connectivity index (χ0n) is 10.0. The predicted molar refractivity (Wildman–Crippen MR) is 71.2 cm³/mol. The molecule has 0 aliphatic rings. The number of primary sulfonamides is 1. The fourth-order valence-corrected chi connectivity index (χ4v) is 2.19. The van der Waals surface area contributed by atoms with E-state index in [1.165, 1.54) is 0 Å². The van der Waals surface area contributed by atoms with Crippen molar-refractivity contribution in [2.45, 2.75) is 25.7 Å². The van der Waals surface area contributed by atoms with Gasteiger partial charge in [-0.25, -0.2) is 13.6 Å². The molecule has 5 nitrogen and oxygen atoms in total. The Balaban J connectivity index is 2.06. The van der Waals surface area contributed by atoms with Gasteiger partial charge >= 0.3 is 0 Å². The zero-order valence-corrected chi connectivity index (χ0v) is 11.6. The predicted octanol–water partition coefficient (Wildman–Crippen LogP) is 1.96. The zero-order chi connectivity index (χ0) is 13.4. The van der Waals surface area contributed by atoms with Crippen molar-refractivity contribution < 1.29 is 13.2 Å². The molecule has 1 rings (SSSR count). The molecule has 1 aromatic heterocycles. The molecule has 0 spiro atoms. The summed E-state index contributed by atoms with van der Waals surface area (Å²) in [6.07, 6.45) is 6.33. The van der Waals surface area contributed by atoms with Gasteiger partial charge in [-0.05, 0) is 12.8 Å². The van der Waals surface area contributed by atoms with Crippen LogP contribution in [0.5, 0.6) is 5.75 Å². The molecule has 0 unspecified atom stereocenters. The van der Waals surface area contributed by atoms with E-state index in [1.807, 2.05) is 0 Å². The molecule has 0 atom stereocenters. The van der Waals surface area contributed by atoms with E-state index in [0.717, 1.165) is 19.3 Å². The lowest BCUT2D eigenvalue weighted by atomic mass is 10.2. The lowest BCUT2D eigenvalue weighted by molar-refractivity contribution is 0.304. The molecular formula is C11H17ClN2O3S. The van der Waals surface area contributed by atoms with Gasteiger partial charge in [0.25, 0.3) is 0 Å². The monoisotopic (exact) mass is 292 g/mol. The van der Waals surface area contributed by atoms with Gasteiger partial charge in [-0.15, -0.1) is 0 Å². The van der Waals surface area contributed by atoms with Gasteiger partial charge in [0.1, 0.15) is 5.75 Å². The van der Waals surface area contributed by atoms with E-state index in [2.05, 4.69) is 4.98 Å². The third kappa shape index (κ3) is 7.47. The smallest absolute Gasteiger partial charge is 0.209 e. The molecule has 0 aromatic carbocycles. The highest BCUT2D eigenvalue weighted by Crippen LogP contribution is 2.15. The number of ether oxygens (including phenoxy) is 1. The Morgan fingerprint density at radius 1 is 1.22 bits per heavy atom. The van der Waals surface area contributed by atoms with E-state index >= 15 is 0 Å². The van der Waals surface area contributed by atoms with Crippen molar-refractivity contribution in [3.8, 4) is 5.75 Å². The quantitative estimate of drug-likeness (QED) is 0.743. The molecule has 18 heavy (non-hydrogen) atoms. The Kier molecular flexibility index (Phi) is 6.38. The molecule has 0 amide bonds. The molecule has 7 heteroatoms. The first-order valence-electron chi connectivity index (χ1n) is 5.71. The summed E-state index contributed by atoms with van der Waals surface area (Å²) in [4.78, 5) is 3.90. The first-order valence-corrected chi connectivity index (χ1v) is 7.80. The van der Waals surface area contributed by atoms with Gasteiger partial charge in [0.15, 0.2) is 0 Å². The summed E-state index contributed by atoms with van der Waals surface area (Å²) in [5, 5.41) is 5.44. The number of hydrogen-bond acceptors (Lipinski definition) is 4. The number of nitrogens with two attached hydrogens (primary N) is 1. The number of nitrogens with zero attached hydrogens (tertiary/aromatic N) is 1. The normalized spacial score (nSPS) is 11.4. The molecule has 0 saturated carbocycles. The van der Waals surface area contributed by atoms with Crippen LogP contribution in [-0.2, 0) is 10.0 Å². The van der Waals surface area contributed by atoms with Crippen molar-refractivity contribution in [2.75, 3.05) is 12.4 Å². The highest BCUT2D eigenvalue weighted by molar-refractivity contribution is 7.89. The summed E-state index contributed by atoms with van der Waals surface area (Å²) in [6, 6.07) is 1.70. The molecule has 0 aliphatic heterocycles. The van der Waals surface area contributed by atoms with Gasteiger partial charge in [-0.1, -0.05) is 24.4 Å². The lowest BCUT2D eigenvalue weighted by Gasteiger charge is -2.05. The molecule has 0 radical (unpaired) electrons. The van der Waals surface area contributed by atoms with Gasteiger partial charge in [0.2, 0.25) is 10.0 Å². The Labute approximate surface area is 112 Å². The molecule has 1 heterocycles. The second-order valence-corrected chi connectivity index (χ2v) is 6.14. The minimum Gasteiger partial charge on any atom is -0.492 e. The summed E-state index contributed by atoms with van der Waals surface area (Å²) >= 11 is 5.76. The third-order valence-corrected chi connectivity index (χ3v) is 3.34. The van der Waals surface area contributed by atoms with Crippen molar-refractivity contribution in [1.29, 1.82) is 0 Å². The van der Waals surface area contributed by atoms with Crippen LogP contribution in [0.15, 0.2) is 18.5 Å². The van der Waals surface area contributed by atoms with E-state index in [-0.39, 0.29) is 5.75 Å². The molecule has 0 bridgehead atoms. The molecule has 2 N–H and O–H groups in total.